The van der Waals surface area contributed by atoms with Crippen molar-refractivity contribution in [2.24, 2.45) is 0 Å². The first kappa shape index (κ1) is 15.2. The van der Waals surface area contributed by atoms with Gasteiger partial charge in [0.1, 0.15) is 5.75 Å². The molecule has 0 amide bonds. The van der Waals surface area contributed by atoms with E-state index in [0.717, 1.165) is 12.2 Å². The normalized spacial score (nSPS) is 10.6. The molecule has 0 atom stereocenters. The largest absolute Gasteiger partial charge is 0.494 e. The highest BCUT2D eigenvalue weighted by Crippen LogP contribution is 2.13. The molecule has 0 radical (unpaired) electrons. The molecule has 0 aliphatic rings. The molecule has 21 heavy (non-hydrogen) atoms. The molecular formula is C15H19N3O3. The van der Waals surface area contributed by atoms with E-state index in [1.54, 1.807) is 11.8 Å². The predicted molar refractivity (Wildman–Crippen MR) is 77.4 cm³/mol. The molecule has 0 fully saturated rings. The number of benzene rings is 1. The average molecular weight is 289 g/mol. The van der Waals surface area contributed by atoms with Crippen LogP contribution in [0.3, 0.4) is 0 Å². The van der Waals surface area contributed by atoms with Gasteiger partial charge in [0.25, 0.3) is 0 Å². The van der Waals surface area contributed by atoms with E-state index in [9.17, 15) is 4.79 Å². The van der Waals surface area contributed by atoms with Crippen LogP contribution in [-0.4, -0.2) is 35.0 Å². The zero-order valence-corrected chi connectivity index (χ0v) is 12.3. The fourth-order valence-corrected chi connectivity index (χ4v) is 2.01. The number of rotatable bonds is 8. The van der Waals surface area contributed by atoms with E-state index < -0.39 is 0 Å². The van der Waals surface area contributed by atoms with Crippen LogP contribution in [0.4, 0.5) is 0 Å². The van der Waals surface area contributed by atoms with Crippen molar-refractivity contribution in [2.75, 3.05) is 13.7 Å². The maximum atomic E-state index is 10.9. The van der Waals surface area contributed by atoms with Gasteiger partial charge in [-0.3, -0.25) is 4.79 Å². The quantitative estimate of drug-likeness (QED) is 0.549. The molecule has 0 spiro atoms. The molecule has 0 saturated carbocycles. The number of nitrogens with zero attached hydrogens (tertiary/aromatic N) is 3. The van der Waals surface area contributed by atoms with Gasteiger partial charge < -0.3 is 9.47 Å². The minimum Gasteiger partial charge on any atom is -0.494 e. The molecule has 112 valence electrons. The highest BCUT2D eigenvalue weighted by atomic mass is 16.5. The summed E-state index contributed by atoms with van der Waals surface area (Å²) in [5.74, 6) is 0.860. The lowest BCUT2D eigenvalue weighted by Crippen LogP contribution is -2.10. The average Bonchev–Trinajstić information content (AvgIpc) is 2.86. The van der Waals surface area contributed by atoms with Crippen LogP contribution in [0.25, 0.3) is 0 Å². The van der Waals surface area contributed by atoms with E-state index in [0.29, 0.717) is 37.4 Å². The van der Waals surface area contributed by atoms with Gasteiger partial charge in [-0.1, -0.05) is 17.3 Å². The fraction of sp³-hybridized carbons (Fsp3) is 0.400. The third kappa shape index (κ3) is 4.13. The number of carbonyl (C=O) groups is 1. The third-order valence-electron chi connectivity index (χ3n) is 3.03. The van der Waals surface area contributed by atoms with Crippen LogP contribution >= 0.6 is 0 Å². The number of aldehydes is 1. The minimum atomic E-state index is 0.319. The Kier molecular flexibility index (Phi) is 5.45. The molecule has 0 aliphatic carbocycles. The zero-order valence-electron chi connectivity index (χ0n) is 12.3. The Balaban J connectivity index is 1.86. The van der Waals surface area contributed by atoms with Crippen LogP contribution in [-0.2, 0) is 17.9 Å². The van der Waals surface area contributed by atoms with Crippen molar-refractivity contribution < 1.29 is 14.3 Å². The van der Waals surface area contributed by atoms with E-state index in [1.807, 2.05) is 31.2 Å². The molecule has 2 aromatic rings. The van der Waals surface area contributed by atoms with Crippen LogP contribution in [0.15, 0.2) is 24.3 Å². The van der Waals surface area contributed by atoms with E-state index in [2.05, 4.69) is 10.3 Å². The van der Waals surface area contributed by atoms with Crippen LogP contribution in [0.1, 0.15) is 28.2 Å². The predicted octanol–water partition coefficient (Wildman–Crippen LogP) is 2.01. The maximum Gasteiger partial charge on any atom is 0.172 e. The third-order valence-corrected chi connectivity index (χ3v) is 3.03. The lowest BCUT2D eigenvalue weighted by Gasteiger charge is -2.08. The molecule has 0 N–H and O–H groups in total. The molecule has 6 nitrogen and oxygen atoms in total. The molecule has 1 aromatic heterocycles. The number of ether oxygens (including phenoxy) is 2. The van der Waals surface area contributed by atoms with Gasteiger partial charge in [0.2, 0.25) is 0 Å². The van der Waals surface area contributed by atoms with Crippen molar-refractivity contribution in [3.63, 3.8) is 0 Å². The fourth-order valence-electron chi connectivity index (χ4n) is 2.01. The first-order valence-corrected chi connectivity index (χ1v) is 6.80. The summed E-state index contributed by atoms with van der Waals surface area (Å²) >= 11 is 0. The Morgan fingerprint density at radius 3 is 2.95 bits per heavy atom. The van der Waals surface area contributed by atoms with Gasteiger partial charge in [0.15, 0.2) is 12.0 Å². The highest BCUT2D eigenvalue weighted by molar-refractivity contribution is 5.73. The second-order valence-corrected chi connectivity index (χ2v) is 4.71. The first-order chi connectivity index (χ1) is 10.2. The summed E-state index contributed by atoms with van der Waals surface area (Å²) in [5, 5.41) is 7.79. The van der Waals surface area contributed by atoms with E-state index in [-0.39, 0.29) is 0 Å². The number of hydrogen-bond acceptors (Lipinski definition) is 5. The maximum absolute atomic E-state index is 10.9. The lowest BCUT2D eigenvalue weighted by atomic mass is 10.2. The Bertz CT molecular complexity index is 596. The minimum absolute atomic E-state index is 0.319. The SMILES string of the molecule is COCc1c(C=O)nnn1CCCOc1cccc(C)c1. The first-order valence-electron chi connectivity index (χ1n) is 6.80. The molecule has 6 heteroatoms. The summed E-state index contributed by atoms with van der Waals surface area (Å²) in [6.45, 7) is 3.55. The highest BCUT2D eigenvalue weighted by Gasteiger charge is 2.11. The zero-order chi connectivity index (χ0) is 15.1. The summed E-state index contributed by atoms with van der Waals surface area (Å²) < 4.78 is 12.4. The number of methoxy groups -OCH3 is 1. The van der Waals surface area contributed by atoms with Crippen LogP contribution in [0.5, 0.6) is 5.75 Å². The van der Waals surface area contributed by atoms with Crippen molar-refractivity contribution in [1.82, 2.24) is 15.0 Å². The van der Waals surface area contributed by atoms with Crippen molar-refractivity contribution in [3.05, 3.63) is 41.2 Å². The topological polar surface area (TPSA) is 66.2 Å². The molecule has 0 bridgehead atoms. The summed E-state index contributed by atoms with van der Waals surface area (Å²) in [5.41, 5.74) is 2.20. The monoisotopic (exact) mass is 289 g/mol. The van der Waals surface area contributed by atoms with Crippen LogP contribution in [0.2, 0.25) is 0 Å². The van der Waals surface area contributed by atoms with E-state index in [1.165, 1.54) is 5.56 Å². The molecule has 0 saturated heterocycles. The molecule has 0 aliphatic heterocycles. The number of aryl methyl sites for hydroxylation is 2. The number of carbonyl (C=O) groups excluding carboxylic acids is 1. The molecule has 1 heterocycles. The summed E-state index contributed by atoms with van der Waals surface area (Å²) in [7, 11) is 1.58. The second kappa shape index (κ2) is 7.54. The Morgan fingerprint density at radius 1 is 1.38 bits per heavy atom. The Hall–Kier alpha value is -2.21. The van der Waals surface area contributed by atoms with Crippen molar-refractivity contribution in [1.29, 1.82) is 0 Å². The van der Waals surface area contributed by atoms with Gasteiger partial charge in [-0.05, 0) is 24.6 Å². The molecule has 0 unspecified atom stereocenters. The lowest BCUT2D eigenvalue weighted by molar-refractivity contribution is 0.111. The Labute approximate surface area is 123 Å². The number of aromatic nitrogens is 3. The molecule has 1 aromatic carbocycles. The van der Waals surface area contributed by atoms with Gasteiger partial charge in [0.05, 0.1) is 18.9 Å². The number of hydrogen-bond donors (Lipinski definition) is 0. The summed E-state index contributed by atoms with van der Waals surface area (Å²) in [6.07, 6.45) is 1.47. The standard InChI is InChI=1S/C15H19N3O3/c1-12-5-3-6-13(9-12)21-8-4-7-18-15(11-20-2)14(10-19)16-17-18/h3,5-6,9-10H,4,7-8,11H2,1-2H3. The molecular weight excluding hydrogens is 270 g/mol. The van der Waals surface area contributed by atoms with Gasteiger partial charge in [-0.2, -0.15) is 0 Å². The summed E-state index contributed by atoms with van der Waals surface area (Å²) in [6, 6.07) is 7.93. The van der Waals surface area contributed by atoms with E-state index in [4.69, 9.17) is 9.47 Å². The smallest absolute Gasteiger partial charge is 0.172 e. The van der Waals surface area contributed by atoms with Crippen molar-refractivity contribution in [3.8, 4) is 5.75 Å². The van der Waals surface area contributed by atoms with Gasteiger partial charge in [-0.25, -0.2) is 4.68 Å². The second-order valence-electron chi connectivity index (χ2n) is 4.71. The molecule has 2 rings (SSSR count). The van der Waals surface area contributed by atoms with E-state index >= 15 is 0 Å². The van der Waals surface area contributed by atoms with Crippen LogP contribution < -0.4 is 4.74 Å². The van der Waals surface area contributed by atoms with Crippen molar-refractivity contribution >= 4 is 6.29 Å². The van der Waals surface area contributed by atoms with Gasteiger partial charge >= 0.3 is 0 Å². The Morgan fingerprint density at radius 2 is 2.24 bits per heavy atom. The van der Waals surface area contributed by atoms with Gasteiger partial charge in [0, 0.05) is 20.1 Å². The van der Waals surface area contributed by atoms with Gasteiger partial charge in [-0.15, -0.1) is 5.10 Å². The van der Waals surface area contributed by atoms with Crippen molar-refractivity contribution in [2.45, 2.75) is 26.5 Å². The summed E-state index contributed by atoms with van der Waals surface area (Å²) in [4.78, 5) is 10.9. The van der Waals surface area contributed by atoms with Crippen LogP contribution in [0, 0.1) is 6.92 Å².